The first-order valence-electron chi connectivity index (χ1n) is 11.5. The maximum atomic E-state index is 13.3. The molecule has 156 valence electrons. The summed E-state index contributed by atoms with van der Waals surface area (Å²) in [6, 6.07) is 1.16. The highest BCUT2D eigenvalue weighted by Crippen LogP contribution is 2.28. The third-order valence-corrected chi connectivity index (χ3v) is 6.85. The molecule has 0 radical (unpaired) electrons. The van der Waals surface area contributed by atoms with E-state index in [1.165, 1.54) is 49.8 Å². The number of carbonyl (C=O) groups is 1. The van der Waals surface area contributed by atoms with Gasteiger partial charge in [-0.3, -0.25) is 9.48 Å². The van der Waals surface area contributed by atoms with E-state index in [-0.39, 0.29) is 5.91 Å². The van der Waals surface area contributed by atoms with E-state index in [1.54, 1.807) is 0 Å². The molecule has 2 heterocycles. The van der Waals surface area contributed by atoms with E-state index in [4.69, 9.17) is 5.10 Å². The van der Waals surface area contributed by atoms with Gasteiger partial charge in [-0.25, -0.2) is 0 Å². The minimum Gasteiger partial charge on any atom is -0.335 e. The molecule has 1 unspecified atom stereocenters. The fraction of sp³-hybridized carbons (Fsp3) is 0.818. The average Bonchev–Trinajstić information content (AvgIpc) is 3.07. The molecule has 6 heteroatoms. The van der Waals surface area contributed by atoms with Crippen LogP contribution in [0.25, 0.3) is 0 Å². The van der Waals surface area contributed by atoms with Crippen molar-refractivity contribution in [3.05, 3.63) is 17.0 Å². The number of amides is 1. The van der Waals surface area contributed by atoms with Crippen molar-refractivity contribution in [1.82, 2.24) is 24.9 Å². The number of piperazine rings is 1. The standard InChI is InChI=1S/C22H37N5O/c1-3-11-27-20-10-9-18(23-17-7-5-4-6-8-17)16-19(20)21(24-27)22(28)26-14-12-25(2)13-15-26/h17-18,23H,3-16H2,1-2H3. The van der Waals surface area contributed by atoms with Crippen LogP contribution in [0.5, 0.6) is 0 Å². The normalized spacial score (nSPS) is 24.4. The smallest absolute Gasteiger partial charge is 0.274 e. The number of hydrogen-bond donors (Lipinski definition) is 1. The number of likely N-dealkylation sites (N-methyl/N-ethyl adjacent to an activating group) is 1. The Morgan fingerprint density at radius 3 is 2.54 bits per heavy atom. The Kier molecular flexibility index (Phi) is 6.36. The minimum absolute atomic E-state index is 0.150. The third-order valence-electron chi connectivity index (χ3n) is 6.85. The first-order valence-corrected chi connectivity index (χ1v) is 11.5. The lowest BCUT2D eigenvalue weighted by atomic mass is 9.88. The Morgan fingerprint density at radius 1 is 1.07 bits per heavy atom. The molecule has 2 fully saturated rings. The van der Waals surface area contributed by atoms with E-state index in [9.17, 15) is 4.79 Å². The zero-order valence-electron chi connectivity index (χ0n) is 17.8. The number of hydrogen-bond acceptors (Lipinski definition) is 4. The van der Waals surface area contributed by atoms with Crippen molar-refractivity contribution in [1.29, 1.82) is 0 Å². The van der Waals surface area contributed by atoms with E-state index in [1.807, 2.05) is 4.90 Å². The summed E-state index contributed by atoms with van der Waals surface area (Å²) in [7, 11) is 2.13. The fourth-order valence-corrected chi connectivity index (χ4v) is 5.16. The zero-order valence-corrected chi connectivity index (χ0v) is 17.8. The van der Waals surface area contributed by atoms with Crippen molar-refractivity contribution in [2.45, 2.75) is 83.3 Å². The van der Waals surface area contributed by atoms with Gasteiger partial charge in [0.1, 0.15) is 0 Å². The highest BCUT2D eigenvalue weighted by Gasteiger charge is 2.32. The molecule has 28 heavy (non-hydrogen) atoms. The van der Waals surface area contributed by atoms with Crippen molar-refractivity contribution >= 4 is 5.91 Å². The molecule has 3 aliphatic rings. The van der Waals surface area contributed by atoms with Gasteiger partial charge in [-0.15, -0.1) is 0 Å². The lowest BCUT2D eigenvalue weighted by Crippen LogP contribution is -2.47. The molecule has 1 saturated carbocycles. The molecule has 6 nitrogen and oxygen atoms in total. The maximum Gasteiger partial charge on any atom is 0.274 e. The van der Waals surface area contributed by atoms with Crippen LogP contribution in [0, 0.1) is 0 Å². The van der Waals surface area contributed by atoms with Crippen LogP contribution in [0.4, 0.5) is 0 Å². The van der Waals surface area contributed by atoms with Gasteiger partial charge in [0.15, 0.2) is 5.69 Å². The van der Waals surface area contributed by atoms with Crippen LogP contribution in [-0.2, 0) is 19.4 Å². The second kappa shape index (κ2) is 8.95. The van der Waals surface area contributed by atoms with Gasteiger partial charge in [-0.1, -0.05) is 26.2 Å². The molecule has 1 aromatic heterocycles. The quantitative estimate of drug-likeness (QED) is 0.843. The summed E-state index contributed by atoms with van der Waals surface area (Å²) in [5, 5.41) is 8.76. The van der Waals surface area contributed by atoms with Crippen LogP contribution < -0.4 is 5.32 Å². The second-order valence-electron chi connectivity index (χ2n) is 9.03. The van der Waals surface area contributed by atoms with Crippen molar-refractivity contribution in [3.63, 3.8) is 0 Å². The third kappa shape index (κ3) is 4.28. The molecular formula is C22H37N5O. The predicted molar refractivity (Wildman–Crippen MR) is 112 cm³/mol. The van der Waals surface area contributed by atoms with Crippen LogP contribution in [-0.4, -0.2) is 70.8 Å². The predicted octanol–water partition coefficient (Wildman–Crippen LogP) is 2.46. The molecule has 1 atom stereocenters. The molecule has 1 aromatic rings. The molecule has 2 aliphatic carbocycles. The number of nitrogens with one attached hydrogen (secondary N) is 1. The molecule has 4 rings (SSSR count). The molecule has 1 saturated heterocycles. The van der Waals surface area contributed by atoms with Gasteiger partial charge < -0.3 is 15.1 Å². The number of aromatic nitrogens is 2. The monoisotopic (exact) mass is 387 g/mol. The summed E-state index contributed by atoms with van der Waals surface area (Å²) in [5.41, 5.74) is 3.29. The topological polar surface area (TPSA) is 53.4 Å². The summed E-state index contributed by atoms with van der Waals surface area (Å²) in [6.45, 7) is 6.64. The molecular weight excluding hydrogens is 350 g/mol. The van der Waals surface area contributed by atoms with Gasteiger partial charge in [0.25, 0.3) is 5.91 Å². The van der Waals surface area contributed by atoms with Gasteiger partial charge in [0.2, 0.25) is 0 Å². The van der Waals surface area contributed by atoms with Crippen LogP contribution in [0.1, 0.15) is 73.6 Å². The first-order chi connectivity index (χ1) is 13.7. The average molecular weight is 388 g/mol. The Labute approximate surface area is 169 Å². The zero-order chi connectivity index (χ0) is 19.5. The van der Waals surface area contributed by atoms with E-state index >= 15 is 0 Å². The van der Waals surface area contributed by atoms with Crippen LogP contribution in [0.3, 0.4) is 0 Å². The SMILES string of the molecule is CCCn1nc(C(=O)N2CCN(C)CC2)c2c1CCC(NC1CCCCC1)C2. The fourth-order valence-electron chi connectivity index (χ4n) is 5.16. The molecule has 1 aliphatic heterocycles. The van der Waals surface area contributed by atoms with Crippen molar-refractivity contribution < 1.29 is 4.79 Å². The Hall–Kier alpha value is -1.40. The summed E-state index contributed by atoms with van der Waals surface area (Å²) >= 11 is 0. The largest absolute Gasteiger partial charge is 0.335 e. The first kappa shape index (κ1) is 19.9. The van der Waals surface area contributed by atoms with Gasteiger partial charge >= 0.3 is 0 Å². The van der Waals surface area contributed by atoms with Gasteiger partial charge in [-0.2, -0.15) is 5.10 Å². The number of aryl methyl sites for hydroxylation is 1. The van der Waals surface area contributed by atoms with Crippen LogP contribution in [0.15, 0.2) is 0 Å². The summed E-state index contributed by atoms with van der Waals surface area (Å²) in [6.07, 6.45) is 11.0. The minimum atomic E-state index is 0.150. The Balaban J connectivity index is 1.51. The molecule has 0 spiro atoms. The molecule has 0 bridgehead atoms. The summed E-state index contributed by atoms with van der Waals surface area (Å²) in [5.74, 6) is 0.150. The van der Waals surface area contributed by atoms with E-state index in [0.717, 1.165) is 57.7 Å². The second-order valence-corrected chi connectivity index (χ2v) is 9.03. The maximum absolute atomic E-state index is 13.3. The van der Waals surface area contributed by atoms with Gasteiger partial charge in [0, 0.05) is 56.1 Å². The van der Waals surface area contributed by atoms with Gasteiger partial charge in [-0.05, 0) is 45.6 Å². The number of fused-ring (bicyclic) bond motifs is 1. The highest BCUT2D eigenvalue weighted by atomic mass is 16.2. The lowest BCUT2D eigenvalue weighted by Gasteiger charge is -2.33. The van der Waals surface area contributed by atoms with Gasteiger partial charge in [0.05, 0.1) is 0 Å². The number of carbonyl (C=O) groups excluding carboxylic acids is 1. The van der Waals surface area contributed by atoms with Crippen molar-refractivity contribution in [3.8, 4) is 0 Å². The number of nitrogens with zero attached hydrogens (tertiary/aromatic N) is 4. The van der Waals surface area contributed by atoms with Crippen molar-refractivity contribution in [2.75, 3.05) is 33.2 Å². The lowest BCUT2D eigenvalue weighted by molar-refractivity contribution is 0.0656. The van der Waals surface area contributed by atoms with Crippen molar-refractivity contribution in [2.24, 2.45) is 0 Å². The highest BCUT2D eigenvalue weighted by molar-refractivity contribution is 5.94. The Bertz CT molecular complexity index is 671. The molecule has 1 amide bonds. The summed E-state index contributed by atoms with van der Waals surface area (Å²) < 4.78 is 2.13. The molecule has 0 aromatic carbocycles. The van der Waals surface area contributed by atoms with Crippen LogP contribution >= 0.6 is 0 Å². The molecule has 1 N–H and O–H groups in total. The van der Waals surface area contributed by atoms with E-state index in [0.29, 0.717) is 12.1 Å². The van der Waals surface area contributed by atoms with E-state index < -0.39 is 0 Å². The summed E-state index contributed by atoms with van der Waals surface area (Å²) in [4.78, 5) is 17.6. The number of rotatable bonds is 5. The van der Waals surface area contributed by atoms with Crippen LogP contribution in [0.2, 0.25) is 0 Å². The van der Waals surface area contributed by atoms with E-state index in [2.05, 4.69) is 28.9 Å². The Morgan fingerprint density at radius 2 is 1.82 bits per heavy atom.